The number of aromatic nitrogens is 1. The van der Waals surface area contributed by atoms with Crippen LogP contribution < -0.4 is 0 Å². The fraction of sp³-hybridized carbons (Fsp3) is 0.364. The Hall–Kier alpha value is -1.66. The maximum absolute atomic E-state index is 12.2. The van der Waals surface area contributed by atoms with E-state index in [0.717, 1.165) is 4.90 Å². The number of carbonyl (C=O) groups is 2. The van der Waals surface area contributed by atoms with E-state index in [2.05, 4.69) is 4.98 Å². The number of hydrogen-bond acceptors (Lipinski definition) is 4. The molecule has 1 saturated heterocycles. The molecule has 2 unspecified atom stereocenters. The molecule has 0 saturated carbocycles. The highest BCUT2D eigenvalue weighted by Gasteiger charge is 2.39. The van der Waals surface area contributed by atoms with Gasteiger partial charge in [-0.1, -0.05) is 11.6 Å². The van der Waals surface area contributed by atoms with Crippen LogP contribution in [0.4, 0.5) is 0 Å². The van der Waals surface area contributed by atoms with Crippen molar-refractivity contribution in [3.05, 3.63) is 29.0 Å². The average Bonchev–Trinajstić information content (AvgIpc) is 2.71. The van der Waals surface area contributed by atoms with Crippen molar-refractivity contribution >= 4 is 23.5 Å². The molecule has 1 aromatic heterocycles. The zero-order chi connectivity index (χ0) is 13.3. The highest BCUT2D eigenvalue weighted by atomic mass is 35.5. The first kappa shape index (κ1) is 12.8. The van der Waals surface area contributed by atoms with E-state index in [1.165, 1.54) is 12.3 Å². The molecule has 1 aliphatic heterocycles. The number of β-amino-alcohol motifs (C(OH)–C–C–N with tert-alkyl or cyclic N) is 1. The van der Waals surface area contributed by atoms with Crippen LogP contribution in [-0.2, 0) is 4.79 Å². The summed E-state index contributed by atoms with van der Waals surface area (Å²) in [6.07, 6.45) is 0.636. The summed E-state index contributed by atoms with van der Waals surface area (Å²) < 4.78 is 0. The summed E-state index contributed by atoms with van der Waals surface area (Å²) in [5.41, 5.74) is 0.138. The topological polar surface area (TPSA) is 90.7 Å². The number of aliphatic hydroxyl groups excluding tert-OH is 1. The minimum Gasteiger partial charge on any atom is -0.480 e. The van der Waals surface area contributed by atoms with Crippen molar-refractivity contribution in [2.24, 2.45) is 0 Å². The largest absolute Gasteiger partial charge is 0.480 e. The Balaban J connectivity index is 2.28. The summed E-state index contributed by atoms with van der Waals surface area (Å²) in [6, 6.07) is 1.99. The lowest BCUT2D eigenvalue weighted by Crippen LogP contribution is -2.40. The second-order valence-electron chi connectivity index (χ2n) is 4.04. The van der Waals surface area contributed by atoms with Crippen LogP contribution in [0.3, 0.4) is 0 Å². The van der Waals surface area contributed by atoms with Crippen LogP contribution in [0.15, 0.2) is 18.3 Å². The third-order valence-corrected chi connectivity index (χ3v) is 3.12. The van der Waals surface area contributed by atoms with Gasteiger partial charge in [-0.05, 0) is 12.1 Å². The van der Waals surface area contributed by atoms with E-state index in [0.29, 0.717) is 0 Å². The third-order valence-electron chi connectivity index (χ3n) is 2.81. The van der Waals surface area contributed by atoms with E-state index in [1.807, 2.05) is 0 Å². The first-order chi connectivity index (χ1) is 8.50. The Morgan fingerprint density at radius 3 is 2.83 bits per heavy atom. The van der Waals surface area contributed by atoms with E-state index >= 15 is 0 Å². The van der Waals surface area contributed by atoms with Crippen molar-refractivity contribution in [3.8, 4) is 0 Å². The van der Waals surface area contributed by atoms with Gasteiger partial charge < -0.3 is 15.1 Å². The van der Waals surface area contributed by atoms with Crippen molar-refractivity contribution in [1.82, 2.24) is 9.88 Å². The van der Waals surface area contributed by atoms with Gasteiger partial charge in [-0.3, -0.25) is 4.79 Å². The summed E-state index contributed by atoms with van der Waals surface area (Å²) >= 11 is 5.79. The predicted octanol–water partition coefficient (Wildman–Crippen LogP) is 0.395. The van der Waals surface area contributed by atoms with Crippen molar-refractivity contribution < 1.29 is 19.8 Å². The van der Waals surface area contributed by atoms with Gasteiger partial charge in [0, 0.05) is 19.2 Å². The normalized spacial score (nSPS) is 23.1. The second kappa shape index (κ2) is 4.91. The fourth-order valence-corrected chi connectivity index (χ4v) is 2.17. The van der Waals surface area contributed by atoms with E-state index in [-0.39, 0.29) is 23.7 Å². The van der Waals surface area contributed by atoms with E-state index < -0.39 is 24.0 Å². The Labute approximate surface area is 108 Å². The number of halogens is 1. The molecule has 96 valence electrons. The molecule has 18 heavy (non-hydrogen) atoms. The number of carbonyl (C=O) groups excluding carboxylic acids is 1. The van der Waals surface area contributed by atoms with Crippen LogP contribution in [-0.4, -0.2) is 50.7 Å². The van der Waals surface area contributed by atoms with Gasteiger partial charge in [0.05, 0.1) is 11.7 Å². The number of carboxylic acids is 1. The van der Waals surface area contributed by atoms with E-state index in [4.69, 9.17) is 16.7 Å². The summed E-state index contributed by atoms with van der Waals surface area (Å²) in [6.45, 7) is -0.0129. The Morgan fingerprint density at radius 1 is 1.50 bits per heavy atom. The van der Waals surface area contributed by atoms with Crippen molar-refractivity contribution in [1.29, 1.82) is 0 Å². The van der Waals surface area contributed by atoms with Gasteiger partial charge in [0.25, 0.3) is 5.91 Å². The highest BCUT2D eigenvalue weighted by molar-refractivity contribution is 6.32. The quantitative estimate of drug-likeness (QED) is 0.759. The van der Waals surface area contributed by atoms with Gasteiger partial charge in [-0.25, -0.2) is 9.78 Å². The van der Waals surface area contributed by atoms with Crippen molar-refractivity contribution in [2.75, 3.05) is 6.54 Å². The number of nitrogens with zero attached hydrogens (tertiary/aromatic N) is 2. The number of rotatable bonds is 2. The van der Waals surface area contributed by atoms with Crippen LogP contribution >= 0.6 is 11.6 Å². The number of aliphatic hydroxyl groups is 1. The minimum absolute atomic E-state index is 0.0129. The smallest absolute Gasteiger partial charge is 0.326 e. The number of carboxylic acid groups (broad SMARTS) is 1. The predicted molar refractivity (Wildman–Crippen MR) is 62.3 cm³/mol. The molecule has 0 aliphatic carbocycles. The molecule has 0 spiro atoms. The van der Waals surface area contributed by atoms with Gasteiger partial charge in [0.2, 0.25) is 0 Å². The van der Waals surface area contributed by atoms with Crippen LogP contribution in [0.2, 0.25) is 5.15 Å². The van der Waals surface area contributed by atoms with E-state index in [9.17, 15) is 14.7 Å². The summed E-state index contributed by atoms with van der Waals surface area (Å²) in [7, 11) is 0. The molecule has 1 aromatic rings. The summed E-state index contributed by atoms with van der Waals surface area (Å²) in [5, 5.41) is 18.5. The first-order valence-electron chi connectivity index (χ1n) is 5.33. The number of hydrogen-bond donors (Lipinski definition) is 2. The SMILES string of the molecule is O=C(O)C1CC(O)CN1C(=O)c1cccnc1Cl. The van der Waals surface area contributed by atoms with Gasteiger partial charge in [0.1, 0.15) is 11.2 Å². The van der Waals surface area contributed by atoms with Gasteiger partial charge in [-0.15, -0.1) is 0 Å². The van der Waals surface area contributed by atoms with Crippen molar-refractivity contribution in [2.45, 2.75) is 18.6 Å². The zero-order valence-corrected chi connectivity index (χ0v) is 10.0. The third kappa shape index (κ3) is 2.30. The van der Waals surface area contributed by atoms with Gasteiger partial charge in [0.15, 0.2) is 0 Å². The van der Waals surface area contributed by atoms with Crippen LogP contribution in [0, 0.1) is 0 Å². The minimum atomic E-state index is -1.14. The summed E-state index contributed by atoms with van der Waals surface area (Å²) in [5.74, 6) is -1.67. The molecule has 2 rings (SSSR count). The van der Waals surface area contributed by atoms with Gasteiger partial charge >= 0.3 is 5.97 Å². The number of pyridine rings is 1. The van der Waals surface area contributed by atoms with Crippen LogP contribution in [0.1, 0.15) is 16.8 Å². The lowest BCUT2D eigenvalue weighted by atomic mass is 10.2. The molecule has 2 atom stereocenters. The fourth-order valence-electron chi connectivity index (χ4n) is 1.97. The van der Waals surface area contributed by atoms with Crippen LogP contribution in [0.5, 0.6) is 0 Å². The maximum atomic E-state index is 12.2. The van der Waals surface area contributed by atoms with Crippen molar-refractivity contribution in [3.63, 3.8) is 0 Å². The maximum Gasteiger partial charge on any atom is 0.326 e. The molecule has 7 heteroatoms. The van der Waals surface area contributed by atoms with Crippen LogP contribution in [0.25, 0.3) is 0 Å². The molecule has 6 nitrogen and oxygen atoms in total. The molecule has 0 bridgehead atoms. The number of aliphatic carboxylic acids is 1. The molecule has 2 N–H and O–H groups in total. The molecule has 0 radical (unpaired) electrons. The molecular formula is C11H11ClN2O4. The highest BCUT2D eigenvalue weighted by Crippen LogP contribution is 2.23. The monoisotopic (exact) mass is 270 g/mol. The lowest BCUT2D eigenvalue weighted by molar-refractivity contribution is -0.141. The molecule has 1 amide bonds. The Morgan fingerprint density at radius 2 is 2.22 bits per heavy atom. The van der Waals surface area contributed by atoms with E-state index in [1.54, 1.807) is 6.07 Å². The molecule has 1 fully saturated rings. The summed E-state index contributed by atoms with van der Waals surface area (Å²) in [4.78, 5) is 28.1. The average molecular weight is 271 g/mol. The Bertz CT molecular complexity index is 494. The second-order valence-corrected chi connectivity index (χ2v) is 4.40. The number of likely N-dealkylation sites (tertiary alicyclic amines) is 1. The molecule has 2 heterocycles. The number of amides is 1. The first-order valence-corrected chi connectivity index (χ1v) is 5.71. The molecule has 1 aliphatic rings. The molecule has 0 aromatic carbocycles. The standard InChI is InChI=1S/C11H11ClN2O4/c12-9-7(2-1-3-13-9)10(16)14-5-6(15)4-8(14)11(17)18/h1-3,6,8,15H,4-5H2,(H,17,18). The van der Waals surface area contributed by atoms with Gasteiger partial charge in [-0.2, -0.15) is 0 Å². The Kier molecular flexibility index (Phi) is 3.49. The molecular weight excluding hydrogens is 260 g/mol. The zero-order valence-electron chi connectivity index (χ0n) is 9.28. The lowest BCUT2D eigenvalue weighted by Gasteiger charge is -2.21.